The predicted octanol–water partition coefficient (Wildman–Crippen LogP) is 4.78. The minimum atomic E-state index is 0.447. The molecule has 0 heterocycles. The molecule has 1 fully saturated rings. The van der Waals surface area contributed by atoms with E-state index in [9.17, 15) is 0 Å². The van der Waals surface area contributed by atoms with Crippen LogP contribution in [0.1, 0.15) is 62.3 Å². The fourth-order valence-electron chi connectivity index (χ4n) is 3.82. The largest absolute Gasteiger partial charge is 0.313 e. The van der Waals surface area contributed by atoms with Crippen molar-refractivity contribution in [3.63, 3.8) is 0 Å². The monoisotopic (exact) mass is 259 g/mol. The Morgan fingerprint density at radius 3 is 2.58 bits per heavy atom. The average Bonchev–Trinajstić information content (AvgIpc) is 2.37. The summed E-state index contributed by atoms with van der Waals surface area (Å²) in [5.41, 5.74) is 4.82. The van der Waals surface area contributed by atoms with Gasteiger partial charge < -0.3 is 5.32 Å². The van der Waals surface area contributed by atoms with Gasteiger partial charge in [-0.15, -0.1) is 0 Å². The quantitative estimate of drug-likeness (QED) is 0.823. The van der Waals surface area contributed by atoms with Crippen molar-refractivity contribution in [1.82, 2.24) is 5.32 Å². The molecule has 0 amide bonds. The first kappa shape index (κ1) is 14.6. The van der Waals surface area contributed by atoms with E-state index in [2.05, 4.69) is 58.3 Å². The molecule has 1 nitrogen and oxygen atoms in total. The number of nitrogens with one attached hydrogen (secondary N) is 1. The molecule has 1 aliphatic rings. The number of aryl methyl sites for hydroxylation is 1. The average molecular weight is 259 g/mol. The minimum absolute atomic E-state index is 0.447. The van der Waals surface area contributed by atoms with Crippen LogP contribution in [-0.4, -0.2) is 7.05 Å². The van der Waals surface area contributed by atoms with E-state index in [4.69, 9.17) is 0 Å². The van der Waals surface area contributed by atoms with Gasteiger partial charge in [0, 0.05) is 6.04 Å². The highest BCUT2D eigenvalue weighted by Crippen LogP contribution is 2.47. The van der Waals surface area contributed by atoms with E-state index < -0.39 is 0 Å². The lowest BCUT2D eigenvalue weighted by Gasteiger charge is -2.44. The van der Waals surface area contributed by atoms with Gasteiger partial charge in [0.25, 0.3) is 0 Å². The third-order valence-electron chi connectivity index (χ3n) is 5.28. The molecule has 1 aromatic carbocycles. The second-order valence-corrected chi connectivity index (χ2v) is 6.90. The SMILES string of the molecule is CNC(c1cccc(C)c1C)C1CCCCC1(C)C. The maximum atomic E-state index is 3.61. The Kier molecular flexibility index (Phi) is 4.35. The molecule has 1 heteroatoms. The van der Waals surface area contributed by atoms with Crippen LogP contribution in [0.4, 0.5) is 0 Å². The Bertz CT molecular complexity index is 433. The second kappa shape index (κ2) is 5.66. The van der Waals surface area contributed by atoms with Crippen molar-refractivity contribution in [2.45, 2.75) is 59.4 Å². The molecule has 1 aromatic rings. The summed E-state index contributed by atoms with van der Waals surface area (Å²) in [6.45, 7) is 9.39. The molecule has 0 radical (unpaired) electrons. The van der Waals surface area contributed by atoms with E-state index >= 15 is 0 Å². The first-order chi connectivity index (χ1) is 8.97. The molecular weight excluding hydrogens is 230 g/mol. The fraction of sp³-hybridized carbons (Fsp3) is 0.667. The van der Waals surface area contributed by atoms with Gasteiger partial charge >= 0.3 is 0 Å². The van der Waals surface area contributed by atoms with Crippen molar-refractivity contribution < 1.29 is 0 Å². The van der Waals surface area contributed by atoms with Gasteiger partial charge in [0.05, 0.1) is 0 Å². The second-order valence-electron chi connectivity index (χ2n) is 6.90. The highest BCUT2D eigenvalue weighted by molar-refractivity contribution is 5.36. The number of benzene rings is 1. The normalized spacial score (nSPS) is 24.2. The molecule has 106 valence electrons. The van der Waals surface area contributed by atoms with E-state index in [1.54, 1.807) is 0 Å². The first-order valence-corrected chi connectivity index (χ1v) is 7.71. The zero-order chi connectivity index (χ0) is 14.0. The highest BCUT2D eigenvalue weighted by Gasteiger charge is 2.37. The molecule has 2 unspecified atom stereocenters. The molecule has 1 N–H and O–H groups in total. The lowest BCUT2D eigenvalue weighted by Crippen LogP contribution is -2.38. The van der Waals surface area contributed by atoms with Crippen LogP contribution in [0.25, 0.3) is 0 Å². The molecular formula is C18H29N. The van der Waals surface area contributed by atoms with Crippen LogP contribution in [0.2, 0.25) is 0 Å². The number of hydrogen-bond acceptors (Lipinski definition) is 1. The summed E-state index contributed by atoms with van der Waals surface area (Å²) in [5, 5.41) is 3.61. The lowest BCUT2D eigenvalue weighted by atomic mass is 9.64. The highest BCUT2D eigenvalue weighted by atomic mass is 14.9. The van der Waals surface area contributed by atoms with Gasteiger partial charge in [-0.05, 0) is 61.8 Å². The zero-order valence-electron chi connectivity index (χ0n) is 13.2. The summed E-state index contributed by atoms with van der Waals surface area (Å²) in [5.74, 6) is 0.742. The Morgan fingerprint density at radius 1 is 1.21 bits per heavy atom. The van der Waals surface area contributed by atoms with E-state index in [-0.39, 0.29) is 0 Å². The maximum Gasteiger partial charge on any atom is 0.0354 e. The summed E-state index contributed by atoms with van der Waals surface area (Å²) < 4.78 is 0. The zero-order valence-corrected chi connectivity index (χ0v) is 13.2. The van der Waals surface area contributed by atoms with E-state index in [0.717, 1.165) is 5.92 Å². The van der Waals surface area contributed by atoms with Crippen LogP contribution in [0, 0.1) is 25.2 Å². The maximum absolute atomic E-state index is 3.61. The first-order valence-electron chi connectivity index (χ1n) is 7.71. The summed E-state index contributed by atoms with van der Waals surface area (Å²) in [4.78, 5) is 0. The van der Waals surface area contributed by atoms with Crippen molar-refractivity contribution in [3.05, 3.63) is 34.9 Å². The third kappa shape index (κ3) is 2.86. The molecule has 0 saturated heterocycles. The van der Waals surface area contributed by atoms with Crippen LogP contribution in [0.5, 0.6) is 0 Å². The van der Waals surface area contributed by atoms with E-state index in [1.165, 1.54) is 42.4 Å². The minimum Gasteiger partial charge on any atom is -0.313 e. The molecule has 2 atom stereocenters. The topological polar surface area (TPSA) is 12.0 Å². The van der Waals surface area contributed by atoms with Crippen molar-refractivity contribution >= 4 is 0 Å². The van der Waals surface area contributed by atoms with Crippen molar-refractivity contribution in [1.29, 1.82) is 0 Å². The summed E-state index contributed by atoms with van der Waals surface area (Å²) in [6, 6.07) is 7.24. The van der Waals surface area contributed by atoms with Crippen LogP contribution < -0.4 is 5.32 Å². The molecule has 0 bridgehead atoms. The molecule has 0 aromatic heterocycles. The van der Waals surface area contributed by atoms with Gasteiger partial charge in [-0.1, -0.05) is 44.9 Å². The molecule has 1 aliphatic carbocycles. The van der Waals surface area contributed by atoms with E-state index in [1.807, 2.05) is 0 Å². The molecule has 0 spiro atoms. The molecule has 2 rings (SSSR count). The fourth-order valence-corrected chi connectivity index (χ4v) is 3.82. The Hall–Kier alpha value is -0.820. The Morgan fingerprint density at radius 2 is 1.95 bits per heavy atom. The van der Waals surface area contributed by atoms with Crippen molar-refractivity contribution in [3.8, 4) is 0 Å². The number of hydrogen-bond donors (Lipinski definition) is 1. The van der Waals surface area contributed by atoms with Gasteiger partial charge in [-0.2, -0.15) is 0 Å². The third-order valence-corrected chi connectivity index (χ3v) is 5.28. The summed E-state index contributed by atoms with van der Waals surface area (Å²) in [6.07, 6.45) is 5.50. The predicted molar refractivity (Wildman–Crippen MR) is 83.5 cm³/mol. The summed E-state index contributed by atoms with van der Waals surface area (Å²) >= 11 is 0. The standard InChI is InChI=1S/C18H29N/c1-13-9-8-10-15(14(13)2)17(19-5)16-11-6-7-12-18(16,3)4/h8-10,16-17,19H,6-7,11-12H2,1-5H3. The van der Waals surface area contributed by atoms with Gasteiger partial charge in [-0.25, -0.2) is 0 Å². The Balaban J connectivity index is 2.36. The Labute approximate surface area is 118 Å². The summed E-state index contributed by atoms with van der Waals surface area (Å²) in [7, 11) is 2.12. The smallest absolute Gasteiger partial charge is 0.0354 e. The van der Waals surface area contributed by atoms with Gasteiger partial charge in [0.1, 0.15) is 0 Å². The number of rotatable bonds is 3. The lowest BCUT2D eigenvalue weighted by molar-refractivity contribution is 0.101. The van der Waals surface area contributed by atoms with Crippen LogP contribution in [-0.2, 0) is 0 Å². The van der Waals surface area contributed by atoms with Crippen molar-refractivity contribution in [2.24, 2.45) is 11.3 Å². The molecule has 19 heavy (non-hydrogen) atoms. The van der Waals surface area contributed by atoms with E-state index in [0.29, 0.717) is 11.5 Å². The van der Waals surface area contributed by atoms with Crippen LogP contribution in [0.3, 0.4) is 0 Å². The molecule has 0 aliphatic heterocycles. The van der Waals surface area contributed by atoms with Crippen LogP contribution in [0.15, 0.2) is 18.2 Å². The molecule has 1 saturated carbocycles. The van der Waals surface area contributed by atoms with Crippen molar-refractivity contribution in [2.75, 3.05) is 7.05 Å². The van der Waals surface area contributed by atoms with Crippen LogP contribution >= 0.6 is 0 Å². The van der Waals surface area contributed by atoms with Gasteiger partial charge in [0.2, 0.25) is 0 Å². The van der Waals surface area contributed by atoms with Gasteiger partial charge in [0.15, 0.2) is 0 Å². The van der Waals surface area contributed by atoms with Gasteiger partial charge in [-0.3, -0.25) is 0 Å².